The maximum atomic E-state index is 12.8. The Morgan fingerprint density at radius 2 is 2.00 bits per heavy atom. The Morgan fingerprint density at radius 1 is 1.28 bits per heavy atom. The van der Waals surface area contributed by atoms with E-state index in [1.807, 2.05) is 11.0 Å². The van der Waals surface area contributed by atoms with Crippen LogP contribution in [0, 0.1) is 5.92 Å². The molecular formula is C21H27ClN4O3. The molecule has 2 N–H and O–H groups in total. The first-order chi connectivity index (χ1) is 14.1. The number of hydrogen-bond acceptors (Lipinski definition) is 6. The van der Waals surface area contributed by atoms with Crippen molar-refractivity contribution in [1.29, 1.82) is 0 Å². The summed E-state index contributed by atoms with van der Waals surface area (Å²) in [6, 6.07) is 5.23. The minimum Gasteiger partial charge on any atom is -0.383 e. The van der Waals surface area contributed by atoms with Crippen molar-refractivity contribution in [3.63, 3.8) is 0 Å². The van der Waals surface area contributed by atoms with Crippen LogP contribution in [0.15, 0.2) is 36.9 Å². The van der Waals surface area contributed by atoms with E-state index in [-0.39, 0.29) is 11.8 Å². The minimum atomic E-state index is -0.866. The topological polar surface area (TPSA) is 87.6 Å². The molecule has 7 nitrogen and oxygen atoms in total. The molecule has 0 bridgehead atoms. The van der Waals surface area contributed by atoms with E-state index in [4.69, 9.17) is 16.3 Å². The molecule has 1 unspecified atom stereocenters. The Kier molecular flexibility index (Phi) is 7.80. The summed E-state index contributed by atoms with van der Waals surface area (Å²) in [5.41, 5.74) is 1.86. The zero-order chi connectivity index (χ0) is 20.6. The second kappa shape index (κ2) is 10.5. The molecule has 1 aromatic carbocycles. The zero-order valence-electron chi connectivity index (χ0n) is 16.6. The molecule has 1 heterocycles. The Bertz CT molecular complexity index is 800. The fourth-order valence-electron chi connectivity index (χ4n) is 3.66. The largest absolute Gasteiger partial charge is 0.383 e. The highest BCUT2D eigenvalue weighted by molar-refractivity contribution is 6.34. The van der Waals surface area contributed by atoms with Gasteiger partial charge >= 0.3 is 0 Å². The number of rotatable bonds is 8. The van der Waals surface area contributed by atoms with Crippen LogP contribution < -0.4 is 10.2 Å². The predicted molar refractivity (Wildman–Crippen MR) is 112 cm³/mol. The number of hydrogen-bond donors (Lipinski definition) is 2. The number of ether oxygens (including phenoxy) is 1. The van der Waals surface area contributed by atoms with Gasteiger partial charge in [0.15, 0.2) is 0 Å². The van der Waals surface area contributed by atoms with Crippen molar-refractivity contribution in [3.05, 3.63) is 47.5 Å². The maximum Gasteiger partial charge on any atom is 0.254 e. The number of anilines is 2. The monoisotopic (exact) mass is 418 g/mol. The van der Waals surface area contributed by atoms with E-state index in [1.54, 1.807) is 31.6 Å². The fourth-order valence-corrected chi connectivity index (χ4v) is 3.86. The van der Waals surface area contributed by atoms with Crippen LogP contribution >= 0.6 is 11.6 Å². The van der Waals surface area contributed by atoms with Crippen molar-refractivity contribution in [2.24, 2.45) is 5.92 Å². The summed E-state index contributed by atoms with van der Waals surface area (Å²) >= 11 is 6.30. The highest BCUT2D eigenvalue weighted by Crippen LogP contribution is 2.29. The Morgan fingerprint density at radius 3 is 2.69 bits per heavy atom. The maximum absolute atomic E-state index is 12.8. The Labute approximate surface area is 176 Å². The second-order valence-corrected chi connectivity index (χ2v) is 7.63. The SMILES string of the molecule is COCCN(c1cncnc1)c1ccc(Cl)c(C(=O)NC(O)C2CCCCC2)c1. The van der Waals surface area contributed by atoms with Crippen molar-refractivity contribution in [2.45, 2.75) is 38.3 Å². The van der Waals surface area contributed by atoms with Gasteiger partial charge in [-0.25, -0.2) is 9.97 Å². The average molecular weight is 419 g/mol. The number of aromatic nitrogens is 2. The van der Waals surface area contributed by atoms with E-state index >= 15 is 0 Å². The van der Waals surface area contributed by atoms with Crippen molar-refractivity contribution in [3.8, 4) is 0 Å². The lowest BCUT2D eigenvalue weighted by Crippen LogP contribution is -2.41. The van der Waals surface area contributed by atoms with Gasteiger partial charge in [0, 0.05) is 25.3 Å². The van der Waals surface area contributed by atoms with Gasteiger partial charge in [0.05, 0.1) is 35.3 Å². The molecular weight excluding hydrogens is 392 g/mol. The minimum absolute atomic E-state index is 0.0920. The summed E-state index contributed by atoms with van der Waals surface area (Å²) < 4.78 is 5.22. The van der Waals surface area contributed by atoms with Crippen LogP contribution in [0.4, 0.5) is 11.4 Å². The van der Waals surface area contributed by atoms with Gasteiger partial charge in [-0.15, -0.1) is 0 Å². The third-order valence-electron chi connectivity index (χ3n) is 5.26. The number of carbonyl (C=O) groups is 1. The summed E-state index contributed by atoms with van der Waals surface area (Å²) in [6.45, 7) is 1.04. The standard InChI is InChI=1S/C21H27ClN4O3/c1-29-10-9-26(17-12-23-14-24-13-17)16-7-8-19(22)18(11-16)21(28)25-20(27)15-5-3-2-4-6-15/h7-8,11-15,20,27H,2-6,9-10H2,1H3,(H,25,28). The van der Waals surface area contributed by atoms with E-state index in [9.17, 15) is 9.90 Å². The van der Waals surface area contributed by atoms with Crippen molar-refractivity contribution >= 4 is 28.9 Å². The molecule has 1 fully saturated rings. The van der Waals surface area contributed by atoms with E-state index in [0.717, 1.165) is 37.1 Å². The molecule has 0 spiro atoms. The second-order valence-electron chi connectivity index (χ2n) is 7.22. The van der Waals surface area contributed by atoms with Crippen LogP contribution in [0.1, 0.15) is 42.5 Å². The highest BCUT2D eigenvalue weighted by atomic mass is 35.5. The third-order valence-corrected chi connectivity index (χ3v) is 5.59. The van der Waals surface area contributed by atoms with E-state index < -0.39 is 6.23 Å². The molecule has 1 aliphatic carbocycles. The number of nitrogens with zero attached hydrogens (tertiary/aromatic N) is 3. The first-order valence-electron chi connectivity index (χ1n) is 9.90. The average Bonchev–Trinajstić information content (AvgIpc) is 2.76. The van der Waals surface area contributed by atoms with Gasteiger partial charge < -0.3 is 20.1 Å². The van der Waals surface area contributed by atoms with E-state index in [1.165, 1.54) is 12.7 Å². The van der Waals surface area contributed by atoms with Gasteiger partial charge in [-0.05, 0) is 31.0 Å². The summed E-state index contributed by atoms with van der Waals surface area (Å²) in [6.07, 6.45) is 9.20. The zero-order valence-corrected chi connectivity index (χ0v) is 17.3. The lowest BCUT2D eigenvalue weighted by Gasteiger charge is -2.27. The molecule has 0 radical (unpaired) electrons. The molecule has 0 saturated heterocycles. The Balaban J connectivity index is 1.80. The number of methoxy groups -OCH3 is 1. The number of amides is 1. The quantitative estimate of drug-likeness (QED) is 0.637. The molecule has 8 heteroatoms. The van der Waals surface area contributed by atoms with Gasteiger partial charge in [-0.2, -0.15) is 0 Å². The molecule has 0 aliphatic heterocycles. The van der Waals surface area contributed by atoms with Crippen LogP contribution in [-0.4, -0.2) is 47.5 Å². The molecule has 1 saturated carbocycles. The van der Waals surface area contributed by atoms with Crippen molar-refractivity contribution in [2.75, 3.05) is 25.2 Å². The number of benzene rings is 1. The summed E-state index contributed by atoms with van der Waals surface area (Å²) in [4.78, 5) is 22.9. The third kappa shape index (κ3) is 5.65. The van der Waals surface area contributed by atoms with Gasteiger partial charge in [-0.1, -0.05) is 30.9 Å². The molecule has 1 aliphatic rings. The molecule has 3 rings (SSSR count). The van der Waals surface area contributed by atoms with Gasteiger partial charge in [-0.3, -0.25) is 4.79 Å². The number of aliphatic hydroxyl groups is 1. The molecule has 1 amide bonds. The Hall–Kier alpha value is -2.22. The number of nitrogens with one attached hydrogen (secondary N) is 1. The van der Waals surface area contributed by atoms with Crippen LogP contribution in [0.5, 0.6) is 0 Å². The highest BCUT2D eigenvalue weighted by Gasteiger charge is 2.24. The van der Waals surface area contributed by atoms with Crippen LogP contribution in [-0.2, 0) is 4.74 Å². The lowest BCUT2D eigenvalue weighted by molar-refractivity contribution is 0.0463. The molecule has 1 aromatic heterocycles. The van der Waals surface area contributed by atoms with Gasteiger partial charge in [0.2, 0.25) is 0 Å². The summed E-state index contributed by atoms with van der Waals surface area (Å²) in [7, 11) is 1.63. The lowest BCUT2D eigenvalue weighted by atomic mass is 9.88. The summed E-state index contributed by atoms with van der Waals surface area (Å²) in [5, 5.41) is 13.5. The van der Waals surface area contributed by atoms with Crippen molar-refractivity contribution in [1.82, 2.24) is 15.3 Å². The normalized spacial score (nSPS) is 15.7. The number of aliphatic hydroxyl groups excluding tert-OH is 1. The van der Waals surface area contributed by atoms with Gasteiger partial charge in [0.25, 0.3) is 5.91 Å². The van der Waals surface area contributed by atoms with Crippen molar-refractivity contribution < 1.29 is 14.6 Å². The smallest absolute Gasteiger partial charge is 0.254 e. The van der Waals surface area contributed by atoms with E-state index in [2.05, 4.69) is 15.3 Å². The van der Waals surface area contributed by atoms with E-state index in [0.29, 0.717) is 23.7 Å². The molecule has 29 heavy (non-hydrogen) atoms. The molecule has 2 aromatic rings. The fraction of sp³-hybridized carbons (Fsp3) is 0.476. The summed E-state index contributed by atoms with van der Waals surface area (Å²) in [5.74, 6) is -0.291. The van der Waals surface area contributed by atoms with Crippen LogP contribution in [0.25, 0.3) is 0 Å². The number of halogens is 1. The van der Waals surface area contributed by atoms with Gasteiger partial charge in [0.1, 0.15) is 12.6 Å². The van der Waals surface area contributed by atoms with Crippen LogP contribution in [0.2, 0.25) is 5.02 Å². The predicted octanol–water partition coefficient (Wildman–Crippen LogP) is 3.54. The first kappa shape index (κ1) is 21.5. The van der Waals surface area contributed by atoms with Crippen LogP contribution in [0.3, 0.4) is 0 Å². The molecule has 1 atom stereocenters. The molecule has 156 valence electrons. The first-order valence-corrected chi connectivity index (χ1v) is 10.3. The number of carbonyl (C=O) groups excluding carboxylic acids is 1.